The Balaban J connectivity index is 1.78. The molecule has 1 aliphatic rings. The number of nitrogens with two attached hydrogens (primary N) is 1. The second-order valence-electron chi connectivity index (χ2n) is 5.33. The highest BCUT2D eigenvalue weighted by Gasteiger charge is 2.22. The number of rotatable bonds is 4. The van der Waals surface area contributed by atoms with Crippen molar-refractivity contribution in [1.29, 1.82) is 0 Å². The van der Waals surface area contributed by atoms with E-state index in [1.807, 2.05) is 0 Å². The predicted molar refractivity (Wildman–Crippen MR) is 74.3 cm³/mol. The van der Waals surface area contributed by atoms with E-state index in [2.05, 4.69) is 29.2 Å². The summed E-state index contributed by atoms with van der Waals surface area (Å²) in [4.78, 5) is 6.82. The fourth-order valence-corrected chi connectivity index (χ4v) is 3.31. The lowest BCUT2D eigenvalue weighted by Gasteiger charge is -2.34. The van der Waals surface area contributed by atoms with E-state index in [9.17, 15) is 0 Å². The van der Waals surface area contributed by atoms with Crippen molar-refractivity contribution in [3.05, 3.63) is 11.1 Å². The van der Waals surface area contributed by atoms with Crippen molar-refractivity contribution in [2.75, 3.05) is 19.3 Å². The molecule has 0 bridgehead atoms. The second kappa shape index (κ2) is 5.83. The Morgan fingerprint density at radius 3 is 3.00 bits per heavy atom. The van der Waals surface area contributed by atoms with Crippen LogP contribution in [-0.2, 0) is 6.42 Å². The molecule has 3 nitrogen and oxygen atoms in total. The minimum absolute atomic E-state index is 0.689. The van der Waals surface area contributed by atoms with Crippen LogP contribution in [0.4, 0.5) is 5.13 Å². The third-order valence-corrected chi connectivity index (χ3v) is 4.54. The Hall–Kier alpha value is -0.610. The summed E-state index contributed by atoms with van der Waals surface area (Å²) < 4.78 is 0. The number of anilines is 1. The van der Waals surface area contributed by atoms with Crippen molar-refractivity contribution in [3.8, 4) is 0 Å². The van der Waals surface area contributed by atoms with Crippen LogP contribution in [0.3, 0.4) is 0 Å². The van der Waals surface area contributed by atoms with E-state index >= 15 is 0 Å². The van der Waals surface area contributed by atoms with Crippen molar-refractivity contribution in [3.63, 3.8) is 0 Å². The van der Waals surface area contributed by atoms with Crippen LogP contribution in [0, 0.1) is 5.92 Å². The molecular weight excluding hydrogens is 230 g/mol. The fourth-order valence-electron chi connectivity index (χ4n) is 2.71. The van der Waals surface area contributed by atoms with Crippen LogP contribution < -0.4 is 5.73 Å². The van der Waals surface area contributed by atoms with E-state index < -0.39 is 0 Å². The lowest BCUT2D eigenvalue weighted by molar-refractivity contribution is 0.165. The van der Waals surface area contributed by atoms with Crippen LogP contribution in [-0.4, -0.2) is 29.5 Å². The maximum Gasteiger partial charge on any atom is 0.180 e. The first kappa shape index (κ1) is 12.8. The Labute approximate surface area is 108 Å². The molecule has 1 aromatic heterocycles. The minimum Gasteiger partial charge on any atom is -0.375 e. The van der Waals surface area contributed by atoms with Gasteiger partial charge in [-0.25, -0.2) is 4.98 Å². The molecule has 2 rings (SSSR count). The summed E-state index contributed by atoms with van der Waals surface area (Å²) in [5.74, 6) is 0.895. The van der Waals surface area contributed by atoms with Gasteiger partial charge in [0.15, 0.2) is 5.13 Å². The Bertz CT molecular complexity index is 350. The molecule has 0 radical (unpaired) electrons. The van der Waals surface area contributed by atoms with Gasteiger partial charge < -0.3 is 10.6 Å². The zero-order valence-corrected chi connectivity index (χ0v) is 11.7. The Morgan fingerprint density at radius 2 is 2.35 bits per heavy atom. The van der Waals surface area contributed by atoms with E-state index in [1.165, 1.54) is 25.7 Å². The zero-order valence-electron chi connectivity index (χ0n) is 10.9. The van der Waals surface area contributed by atoms with Crippen molar-refractivity contribution in [2.24, 2.45) is 5.92 Å². The number of hydrogen-bond acceptors (Lipinski definition) is 4. The quantitative estimate of drug-likeness (QED) is 0.897. The minimum atomic E-state index is 0.689. The van der Waals surface area contributed by atoms with Gasteiger partial charge in [0, 0.05) is 24.4 Å². The van der Waals surface area contributed by atoms with Gasteiger partial charge >= 0.3 is 0 Å². The highest BCUT2D eigenvalue weighted by atomic mass is 32.1. The van der Waals surface area contributed by atoms with Crippen molar-refractivity contribution in [2.45, 2.75) is 45.1 Å². The highest BCUT2D eigenvalue weighted by Crippen LogP contribution is 2.26. The van der Waals surface area contributed by atoms with Gasteiger partial charge in [-0.2, -0.15) is 0 Å². The molecule has 0 saturated heterocycles. The molecule has 2 unspecified atom stereocenters. The summed E-state index contributed by atoms with van der Waals surface area (Å²) in [5, 5.41) is 2.76. The monoisotopic (exact) mass is 253 g/mol. The van der Waals surface area contributed by atoms with Gasteiger partial charge in [-0.05, 0) is 25.8 Å². The molecule has 0 aliphatic heterocycles. The SMILES string of the molecule is CC1CCCC(N(C)CCc2csc(N)n2)C1. The number of aromatic nitrogens is 1. The first-order chi connectivity index (χ1) is 8.15. The summed E-state index contributed by atoms with van der Waals surface area (Å²) in [6.45, 7) is 3.47. The molecule has 2 atom stereocenters. The normalized spacial score (nSPS) is 25.4. The molecule has 4 heteroatoms. The standard InChI is InChI=1S/C13H23N3S/c1-10-4-3-5-12(8-10)16(2)7-6-11-9-17-13(14)15-11/h9-10,12H,3-8H2,1-2H3,(H2,14,15). The molecular formula is C13H23N3S. The molecule has 17 heavy (non-hydrogen) atoms. The number of thiazole rings is 1. The summed E-state index contributed by atoms with van der Waals surface area (Å²) in [6.07, 6.45) is 6.54. The molecule has 0 aromatic carbocycles. The van der Waals surface area contributed by atoms with Gasteiger partial charge in [0.25, 0.3) is 0 Å². The molecule has 1 aliphatic carbocycles. The smallest absolute Gasteiger partial charge is 0.180 e. The molecule has 1 saturated carbocycles. The third kappa shape index (κ3) is 3.68. The lowest BCUT2D eigenvalue weighted by Crippen LogP contribution is -2.36. The second-order valence-corrected chi connectivity index (χ2v) is 6.22. The maximum absolute atomic E-state index is 5.64. The lowest BCUT2D eigenvalue weighted by atomic mass is 9.86. The Morgan fingerprint density at radius 1 is 1.53 bits per heavy atom. The van der Waals surface area contributed by atoms with E-state index in [-0.39, 0.29) is 0 Å². The van der Waals surface area contributed by atoms with E-state index in [0.29, 0.717) is 5.13 Å². The maximum atomic E-state index is 5.64. The van der Waals surface area contributed by atoms with E-state index in [4.69, 9.17) is 5.73 Å². The third-order valence-electron chi connectivity index (χ3n) is 3.82. The molecule has 0 spiro atoms. The van der Waals surface area contributed by atoms with Crippen molar-refractivity contribution in [1.82, 2.24) is 9.88 Å². The fraction of sp³-hybridized carbons (Fsp3) is 0.769. The topological polar surface area (TPSA) is 42.1 Å². The first-order valence-corrected chi connectivity index (χ1v) is 7.43. The van der Waals surface area contributed by atoms with Crippen LogP contribution in [0.2, 0.25) is 0 Å². The predicted octanol–water partition coefficient (Wildman–Crippen LogP) is 2.78. The molecule has 96 valence electrons. The summed E-state index contributed by atoms with van der Waals surface area (Å²) in [7, 11) is 2.25. The molecule has 1 aromatic rings. The summed E-state index contributed by atoms with van der Waals surface area (Å²) >= 11 is 1.54. The largest absolute Gasteiger partial charge is 0.375 e. The number of nitrogens with zero attached hydrogens (tertiary/aromatic N) is 2. The average Bonchev–Trinajstić information content (AvgIpc) is 2.72. The van der Waals surface area contributed by atoms with Crippen molar-refractivity contribution < 1.29 is 0 Å². The average molecular weight is 253 g/mol. The van der Waals surface area contributed by atoms with Gasteiger partial charge in [-0.1, -0.05) is 19.8 Å². The van der Waals surface area contributed by atoms with Gasteiger partial charge in [0.05, 0.1) is 5.69 Å². The van der Waals surface area contributed by atoms with E-state index in [0.717, 1.165) is 30.6 Å². The number of hydrogen-bond donors (Lipinski definition) is 1. The summed E-state index contributed by atoms with van der Waals surface area (Å²) in [5.41, 5.74) is 6.78. The van der Waals surface area contributed by atoms with Crippen LogP contribution in [0.1, 0.15) is 38.3 Å². The van der Waals surface area contributed by atoms with Gasteiger partial charge in [0.2, 0.25) is 0 Å². The van der Waals surface area contributed by atoms with Gasteiger partial charge in [0.1, 0.15) is 0 Å². The Kier molecular flexibility index (Phi) is 4.40. The zero-order chi connectivity index (χ0) is 12.3. The molecule has 2 N–H and O–H groups in total. The highest BCUT2D eigenvalue weighted by molar-refractivity contribution is 7.13. The first-order valence-electron chi connectivity index (χ1n) is 6.55. The molecule has 1 heterocycles. The van der Waals surface area contributed by atoms with Crippen molar-refractivity contribution >= 4 is 16.5 Å². The van der Waals surface area contributed by atoms with Crippen LogP contribution in [0.25, 0.3) is 0 Å². The number of likely N-dealkylation sites (N-methyl/N-ethyl adjacent to an activating group) is 1. The van der Waals surface area contributed by atoms with Crippen LogP contribution >= 0.6 is 11.3 Å². The summed E-state index contributed by atoms with van der Waals surface area (Å²) in [6, 6.07) is 0.773. The molecule has 0 amide bonds. The van der Waals surface area contributed by atoms with E-state index in [1.54, 1.807) is 11.3 Å². The van der Waals surface area contributed by atoms with Crippen LogP contribution in [0.5, 0.6) is 0 Å². The molecule has 1 fully saturated rings. The van der Waals surface area contributed by atoms with Crippen LogP contribution in [0.15, 0.2) is 5.38 Å². The number of nitrogen functional groups attached to an aromatic ring is 1. The van der Waals surface area contributed by atoms with Gasteiger partial charge in [-0.15, -0.1) is 11.3 Å². The van der Waals surface area contributed by atoms with Gasteiger partial charge in [-0.3, -0.25) is 0 Å².